The van der Waals surface area contributed by atoms with Gasteiger partial charge in [-0.1, -0.05) is 6.07 Å². The Morgan fingerprint density at radius 1 is 1.26 bits per heavy atom. The Kier molecular flexibility index (Phi) is 3.60. The molecular weight excluding hydrogens is 242 g/mol. The highest BCUT2D eigenvalue weighted by molar-refractivity contribution is 5.95. The van der Waals surface area contributed by atoms with E-state index in [1.165, 1.54) is 11.1 Å². The summed E-state index contributed by atoms with van der Waals surface area (Å²) in [6.07, 6.45) is 3.16. The molecule has 0 saturated carbocycles. The maximum absolute atomic E-state index is 12.1. The van der Waals surface area contributed by atoms with Crippen LogP contribution in [0, 0.1) is 0 Å². The summed E-state index contributed by atoms with van der Waals surface area (Å²) in [4.78, 5) is 22.9. The van der Waals surface area contributed by atoms with Crippen LogP contribution in [-0.4, -0.2) is 22.5 Å². The minimum absolute atomic E-state index is 0.0936. The van der Waals surface area contributed by atoms with E-state index in [4.69, 9.17) is 5.11 Å². The summed E-state index contributed by atoms with van der Waals surface area (Å²) in [5.41, 5.74) is 2.42. The molecule has 1 aliphatic carbocycles. The molecule has 4 heteroatoms. The van der Waals surface area contributed by atoms with Crippen molar-refractivity contribution in [1.82, 2.24) is 5.32 Å². The summed E-state index contributed by atoms with van der Waals surface area (Å²) >= 11 is 0. The molecule has 1 aliphatic rings. The fourth-order valence-electron chi connectivity index (χ4n) is 2.51. The molecule has 0 fully saturated rings. The number of hydrogen-bond acceptors (Lipinski definition) is 2. The third kappa shape index (κ3) is 3.34. The molecule has 19 heavy (non-hydrogen) atoms. The van der Waals surface area contributed by atoms with Gasteiger partial charge in [-0.25, -0.2) is 0 Å². The monoisotopic (exact) mass is 261 g/mol. The standard InChI is InChI=1S/C15H19NO3/c1-15(2,9-13(17)18)16-14(19)12-7-6-10-4-3-5-11(10)8-12/h6-8H,3-5,9H2,1-2H3,(H,16,19)(H,17,18). The van der Waals surface area contributed by atoms with Gasteiger partial charge in [0.05, 0.1) is 6.42 Å². The fraction of sp³-hybridized carbons (Fsp3) is 0.467. The number of carbonyl (C=O) groups is 2. The molecule has 4 nitrogen and oxygen atoms in total. The Morgan fingerprint density at radius 3 is 2.63 bits per heavy atom. The quantitative estimate of drug-likeness (QED) is 0.872. The lowest BCUT2D eigenvalue weighted by Gasteiger charge is -2.24. The van der Waals surface area contributed by atoms with E-state index in [1.807, 2.05) is 18.2 Å². The Morgan fingerprint density at radius 2 is 1.95 bits per heavy atom. The van der Waals surface area contributed by atoms with Gasteiger partial charge in [0, 0.05) is 11.1 Å². The van der Waals surface area contributed by atoms with Crippen LogP contribution >= 0.6 is 0 Å². The lowest BCUT2D eigenvalue weighted by atomic mass is 9.99. The van der Waals surface area contributed by atoms with Crippen LogP contribution in [-0.2, 0) is 17.6 Å². The van der Waals surface area contributed by atoms with E-state index in [9.17, 15) is 9.59 Å². The summed E-state index contributed by atoms with van der Waals surface area (Å²) in [5, 5.41) is 11.6. The smallest absolute Gasteiger partial charge is 0.305 e. The molecule has 0 unspecified atom stereocenters. The molecule has 0 aromatic heterocycles. The first-order valence-electron chi connectivity index (χ1n) is 6.53. The van der Waals surface area contributed by atoms with Crippen molar-refractivity contribution in [3.05, 3.63) is 34.9 Å². The molecule has 0 atom stereocenters. The van der Waals surface area contributed by atoms with Crippen molar-refractivity contribution in [2.75, 3.05) is 0 Å². The highest BCUT2D eigenvalue weighted by atomic mass is 16.4. The molecule has 0 radical (unpaired) electrons. The Bertz CT molecular complexity index is 520. The first-order chi connectivity index (χ1) is 8.87. The summed E-state index contributed by atoms with van der Waals surface area (Å²) in [6.45, 7) is 3.43. The summed E-state index contributed by atoms with van der Waals surface area (Å²) < 4.78 is 0. The number of nitrogens with one attached hydrogen (secondary N) is 1. The van der Waals surface area contributed by atoms with E-state index in [2.05, 4.69) is 5.32 Å². The van der Waals surface area contributed by atoms with Crippen molar-refractivity contribution in [2.45, 2.75) is 45.1 Å². The zero-order valence-corrected chi connectivity index (χ0v) is 11.3. The minimum atomic E-state index is -0.917. The fourth-order valence-corrected chi connectivity index (χ4v) is 2.51. The largest absolute Gasteiger partial charge is 0.481 e. The van der Waals surface area contributed by atoms with Crippen LogP contribution in [0.15, 0.2) is 18.2 Å². The summed E-state index contributed by atoms with van der Waals surface area (Å²) in [6, 6.07) is 5.74. The SMILES string of the molecule is CC(C)(CC(=O)O)NC(=O)c1ccc2c(c1)CCC2. The van der Waals surface area contributed by atoms with E-state index in [0.717, 1.165) is 19.3 Å². The van der Waals surface area contributed by atoms with Gasteiger partial charge >= 0.3 is 5.97 Å². The predicted molar refractivity (Wildman–Crippen MR) is 72.3 cm³/mol. The summed E-state index contributed by atoms with van der Waals surface area (Å²) in [7, 11) is 0. The molecule has 2 N–H and O–H groups in total. The van der Waals surface area contributed by atoms with Crippen molar-refractivity contribution in [1.29, 1.82) is 0 Å². The first kappa shape index (κ1) is 13.6. The molecule has 102 valence electrons. The zero-order valence-electron chi connectivity index (χ0n) is 11.3. The van der Waals surface area contributed by atoms with E-state index in [0.29, 0.717) is 5.56 Å². The Labute approximate surface area is 112 Å². The van der Waals surface area contributed by atoms with Crippen LogP contribution in [0.5, 0.6) is 0 Å². The van der Waals surface area contributed by atoms with E-state index in [-0.39, 0.29) is 12.3 Å². The first-order valence-corrected chi connectivity index (χ1v) is 6.53. The van der Waals surface area contributed by atoms with Gasteiger partial charge in [-0.05, 0) is 56.4 Å². The number of aryl methyl sites for hydroxylation is 2. The van der Waals surface area contributed by atoms with Crippen molar-refractivity contribution >= 4 is 11.9 Å². The number of carboxylic acid groups (broad SMARTS) is 1. The number of benzene rings is 1. The van der Waals surface area contributed by atoms with Gasteiger partial charge in [0.15, 0.2) is 0 Å². The zero-order chi connectivity index (χ0) is 14.0. The molecule has 0 heterocycles. The molecule has 1 aromatic rings. The van der Waals surface area contributed by atoms with E-state index >= 15 is 0 Å². The second kappa shape index (κ2) is 5.03. The van der Waals surface area contributed by atoms with E-state index in [1.54, 1.807) is 13.8 Å². The number of rotatable bonds is 4. The lowest BCUT2D eigenvalue weighted by molar-refractivity contribution is -0.138. The van der Waals surface area contributed by atoms with Gasteiger partial charge in [0.25, 0.3) is 5.91 Å². The average molecular weight is 261 g/mol. The number of carbonyl (C=O) groups excluding carboxylic acids is 1. The molecule has 1 amide bonds. The van der Waals surface area contributed by atoms with Crippen molar-refractivity contribution in [2.24, 2.45) is 0 Å². The van der Waals surface area contributed by atoms with Crippen LogP contribution in [0.1, 0.15) is 48.2 Å². The van der Waals surface area contributed by atoms with Crippen molar-refractivity contribution in [3.63, 3.8) is 0 Å². The topological polar surface area (TPSA) is 66.4 Å². The van der Waals surface area contributed by atoms with Crippen molar-refractivity contribution < 1.29 is 14.7 Å². The highest BCUT2D eigenvalue weighted by Gasteiger charge is 2.24. The maximum atomic E-state index is 12.1. The number of aliphatic carboxylic acids is 1. The van der Waals surface area contributed by atoms with E-state index < -0.39 is 11.5 Å². The van der Waals surface area contributed by atoms with Gasteiger partial charge in [0.1, 0.15) is 0 Å². The molecular formula is C15H19NO3. The molecule has 0 bridgehead atoms. The third-order valence-corrected chi connectivity index (χ3v) is 3.41. The van der Waals surface area contributed by atoms with Gasteiger partial charge in [-0.2, -0.15) is 0 Å². The van der Waals surface area contributed by atoms with Gasteiger partial charge in [0.2, 0.25) is 0 Å². The van der Waals surface area contributed by atoms with Crippen LogP contribution < -0.4 is 5.32 Å². The summed E-state index contributed by atoms with van der Waals surface area (Å²) in [5.74, 6) is -1.12. The Balaban J connectivity index is 2.10. The molecule has 2 rings (SSSR count). The van der Waals surface area contributed by atoms with Crippen LogP contribution in [0.2, 0.25) is 0 Å². The number of hydrogen-bond donors (Lipinski definition) is 2. The van der Waals surface area contributed by atoms with Crippen LogP contribution in [0.3, 0.4) is 0 Å². The van der Waals surface area contributed by atoms with Crippen molar-refractivity contribution in [3.8, 4) is 0 Å². The maximum Gasteiger partial charge on any atom is 0.305 e. The second-order valence-corrected chi connectivity index (χ2v) is 5.75. The number of carboxylic acids is 1. The van der Waals surface area contributed by atoms with Gasteiger partial charge < -0.3 is 10.4 Å². The molecule has 0 spiro atoms. The minimum Gasteiger partial charge on any atom is -0.481 e. The van der Waals surface area contributed by atoms with Crippen LogP contribution in [0.4, 0.5) is 0 Å². The highest BCUT2D eigenvalue weighted by Crippen LogP contribution is 2.23. The molecule has 1 aromatic carbocycles. The Hall–Kier alpha value is -1.84. The second-order valence-electron chi connectivity index (χ2n) is 5.75. The normalized spacial score (nSPS) is 14.0. The van der Waals surface area contributed by atoms with Crippen LogP contribution in [0.25, 0.3) is 0 Å². The lowest BCUT2D eigenvalue weighted by Crippen LogP contribution is -2.44. The third-order valence-electron chi connectivity index (χ3n) is 3.41. The average Bonchev–Trinajstić information content (AvgIpc) is 2.72. The number of fused-ring (bicyclic) bond motifs is 1. The number of amides is 1. The molecule has 0 saturated heterocycles. The molecule has 0 aliphatic heterocycles. The predicted octanol–water partition coefficient (Wildman–Crippen LogP) is 2.16. The van der Waals surface area contributed by atoms with Gasteiger partial charge in [-0.15, -0.1) is 0 Å². The van der Waals surface area contributed by atoms with Gasteiger partial charge in [-0.3, -0.25) is 9.59 Å².